The van der Waals surface area contributed by atoms with Crippen molar-refractivity contribution in [3.05, 3.63) is 39.7 Å². The summed E-state index contributed by atoms with van der Waals surface area (Å²) >= 11 is 9.59. The third kappa shape index (κ3) is 2.54. The number of hydrogen-bond donors (Lipinski definition) is 1. The first-order valence-electron chi connectivity index (χ1n) is 6.06. The third-order valence-electron chi connectivity index (χ3n) is 3.02. The highest BCUT2D eigenvalue weighted by atomic mass is 79.9. The summed E-state index contributed by atoms with van der Waals surface area (Å²) in [4.78, 5) is 8.23. The number of benzene rings is 1. The molecule has 108 valence electrons. The number of rotatable bonds is 3. The number of methoxy groups -OCH3 is 1. The van der Waals surface area contributed by atoms with E-state index in [4.69, 9.17) is 16.3 Å². The Morgan fingerprint density at radius 2 is 2.19 bits per heavy atom. The molecule has 0 aliphatic rings. The fraction of sp³-hybridized carbons (Fsp3) is 0.154. The lowest BCUT2D eigenvalue weighted by Crippen LogP contribution is -2.06. The van der Waals surface area contributed by atoms with E-state index in [0.717, 1.165) is 15.7 Å². The van der Waals surface area contributed by atoms with Gasteiger partial charge in [-0.05, 0) is 25.1 Å². The van der Waals surface area contributed by atoms with Gasteiger partial charge in [0.05, 0.1) is 12.8 Å². The minimum atomic E-state index is 0.381. The lowest BCUT2D eigenvalue weighted by molar-refractivity contribution is 0.416. The van der Waals surface area contributed by atoms with E-state index in [9.17, 15) is 0 Å². The summed E-state index contributed by atoms with van der Waals surface area (Å²) in [7, 11) is 1.62. The lowest BCUT2D eigenvalue weighted by atomic mass is 10.2. The van der Waals surface area contributed by atoms with Crippen molar-refractivity contribution in [2.75, 3.05) is 12.4 Å². The van der Waals surface area contributed by atoms with Crippen molar-refractivity contribution in [3.8, 4) is 5.75 Å². The van der Waals surface area contributed by atoms with Gasteiger partial charge in [-0.15, -0.1) is 0 Å². The largest absolute Gasteiger partial charge is 0.495 e. The van der Waals surface area contributed by atoms with E-state index in [0.29, 0.717) is 22.5 Å². The van der Waals surface area contributed by atoms with Gasteiger partial charge in [-0.2, -0.15) is 19.6 Å². The van der Waals surface area contributed by atoms with Crippen LogP contribution >= 0.6 is 27.5 Å². The SMILES string of the molecule is COc1ccc(Br)cc1Nc1c(C)c(Cl)nc2ncnn12. The Hall–Kier alpha value is -1.86. The predicted molar refractivity (Wildman–Crippen MR) is 84.5 cm³/mol. The molecule has 0 bridgehead atoms. The minimum absolute atomic E-state index is 0.381. The van der Waals surface area contributed by atoms with Crippen LogP contribution in [0.4, 0.5) is 11.5 Å². The number of fused-ring (bicyclic) bond motifs is 1. The quantitative estimate of drug-likeness (QED) is 0.716. The first-order chi connectivity index (χ1) is 10.1. The van der Waals surface area contributed by atoms with Crippen LogP contribution in [0.2, 0.25) is 5.15 Å². The Bertz CT molecular complexity index is 820. The number of hydrogen-bond acceptors (Lipinski definition) is 5. The summed E-state index contributed by atoms with van der Waals surface area (Å²) in [6.07, 6.45) is 1.43. The molecule has 1 N–H and O–H groups in total. The van der Waals surface area contributed by atoms with Gasteiger partial charge in [0.15, 0.2) is 0 Å². The second-order valence-electron chi connectivity index (χ2n) is 4.32. The van der Waals surface area contributed by atoms with Crippen molar-refractivity contribution in [1.29, 1.82) is 0 Å². The van der Waals surface area contributed by atoms with Crippen LogP contribution in [-0.2, 0) is 0 Å². The molecule has 0 aliphatic carbocycles. The number of nitrogens with zero attached hydrogens (tertiary/aromatic N) is 4. The van der Waals surface area contributed by atoms with Crippen molar-refractivity contribution in [2.45, 2.75) is 6.92 Å². The zero-order valence-corrected chi connectivity index (χ0v) is 13.6. The fourth-order valence-corrected chi connectivity index (χ4v) is 2.48. The number of ether oxygens (including phenoxy) is 1. The van der Waals surface area contributed by atoms with Crippen LogP contribution in [0.1, 0.15) is 5.56 Å². The third-order valence-corrected chi connectivity index (χ3v) is 3.88. The highest BCUT2D eigenvalue weighted by Gasteiger charge is 2.14. The molecule has 3 aromatic rings. The Balaban J connectivity index is 2.16. The standard InChI is InChI=1S/C13H11BrClN5O/c1-7-11(15)19-13-16-6-17-20(13)12(7)18-9-5-8(14)3-4-10(9)21-2/h3-6,18H,1-2H3. The molecule has 2 aromatic heterocycles. The average Bonchev–Trinajstić information content (AvgIpc) is 2.92. The zero-order chi connectivity index (χ0) is 15.0. The first kappa shape index (κ1) is 14.1. The van der Waals surface area contributed by atoms with Gasteiger partial charge >= 0.3 is 0 Å². The summed E-state index contributed by atoms with van der Waals surface area (Å²) < 4.78 is 7.89. The number of halogens is 2. The van der Waals surface area contributed by atoms with Gasteiger partial charge in [-0.3, -0.25) is 0 Å². The van der Waals surface area contributed by atoms with E-state index in [1.54, 1.807) is 11.6 Å². The normalized spacial score (nSPS) is 10.9. The van der Waals surface area contributed by atoms with Crippen molar-refractivity contribution in [1.82, 2.24) is 19.6 Å². The summed E-state index contributed by atoms with van der Waals surface area (Å²) in [6.45, 7) is 1.86. The summed E-state index contributed by atoms with van der Waals surface area (Å²) in [6, 6.07) is 5.68. The molecule has 0 amide bonds. The van der Waals surface area contributed by atoms with Crippen LogP contribution in [0.3, 0.4) is 0 Å². The first-order valence-corrected chi connectivity index (χ1v) is 7.23. The molecule has 0 spiro atoms. The van der Waals surface area contributed by atoms with Crippen LogP contribution in [0.25, 0.3) is 5.78 Å². The predicted octanol–water partition coefficient (Wildman–Crippen LogP) is 3.60. The van der Waals surface area contributed by atoms with Crippen molar-refractivity contribution < 1.29 is 4.74 Å². The van der Waals surface area contributed by atoms with Crippen molar-refractivity contribution in [2.24, 2.45) is 0 Å². The van der Waals surface area contributed by atoms with Crippen LogP contribution in [0.15, 0.2) is 29.0 Å². The summed E-state index contributed by atoms with van der Waals surface area (Å²) in [5.74, 6) is 1.83. The topological polar surface area (TPSA) is 64.3 Å². The fourth-order valence-electron chi connectivity index (χ4n) is 1.95. The maximum absolute atomic E-state index is 6.15. The Morgan fingerprint density at radius 3 is 2.95 bits per heavy atom. The zero-order valence-electron chi connectivity index (χ0n) is 11.3. The Kier molecular flexibility index (Phi) is 3.69. The van der Waals surface area contributed by atoms with E-state index in [-0.39, 0.29) is 0 Å². The number of aromatic nitrogens is 4. The van der Waals surface area contributed by atoms with Crippen LogP contribution in [0.5, 0.6) is 5.75 Å². The molecule has 0 saturated carbocycles. The summed E-state index contributed by atoms with van der Waals surface area (Å²) in [5.41, 5.74) is 1.56. The molecule has 0 fully saturated rings. The molecular formula is C13H11BrClN5O. The molecule has 0 atom stereocenters. The number of nitrogens with one attached hydrogen (secondary N) is 1. The maximum Gasteiger partial charge on any atom is 0.255 e. The lowest BCUT2D eigenvalue weighted by Gasteiger charge is -2.14. The van der Waals surface area contributed by atoms with Crippen LogP contribution in [-0.4, -0.2) is 26.7 Å². The van der Waals surface area contributed by atoms with E-state index < -0.39 is 0 Å². The average molecular weight is 369 g/mol. The van der Waals surface area contributed by atoms with Gasteiger partial charge in [0.1, 0.15) is 23.0 Å². The Morgan fingerprint density at radius 1 is 1.38 bits per heavy atom. The van der Waals surface area contributed by atoms with Crippen molar-refractivity contribution in [3.63, 3.8) is 0 Å². The monoisotopic (exact) mass is 367 g/mol. The van der Waals surface area contributed by atoms with Crippen LogP contribution in [0, 0.1) is 6.92 Å². The second-order valence-corrected chi connectivity index (χ2v) is 5.59. The molecule has 0 unspecified atom stereocenters. The Labute approximate surface area is 134 Å². The maximum atomic E-state index is 6.15. The highest BCUT2D eigenvalue weighted by Crippen LogP contribution is 2.32. The molecule has 21 heavy (non-hydrogen) atoms. The second kappa shape index (κ2) is 5.50. The molecule has 1 aromatic carbocycles. The molecule has 0 radical (unpaired) electrons. The van der Waals surface area contributed by atoms with Gasteiger partial charge in [-0.1, -0.05) is 27.5 Å². The van der Waals surface area contributed by atoms with Gasteiger partial charge in [0.25, 0.3) is 5.78 Å². The van der Waals surface area contributed by atoms with E-state index in [1.807, 2.05) is 25.1 Å². The summed E-state index contributed by atoms with van der Waals surface area (Å²) in [5, 5.41) is 7.83. The van der Waals surface area contributed by atoms with Crippen LogP contribution < -0.4 is 10.1 Å². The number of anilines is 2. The smallest absolute Gasteiger partial charge is 0.255 e. The minimum Gasteiger partial charge on any atom is -0.495 e. The molecule has 2 heterocycles. The van der Waals surface area contributed by atoms with Crippen molar-refractivity contribution >= 4 is 44.8 Å². The van der Waals surface area contributed by atoms with E-state index >= 15 is 0 Å². The van der Waals surface area contributed by atoms with Gasteiger partial charge in [0.2, 0.25) is 0 Å². The molecule has 0 saturated heterocycles. The van der Waals surface area contributed by atoms with E-state index in [1.165, 1.54) is 6.33 Å². The van der Waals surface area contributed by atoms with E-state index in [2.05, 4.69) is 36.3 Å². The molecule has 8 heteroatoms. The molecule has 6 nitrogen and oxygen atoms in total. The highest BCUT2D eigenvalue weighted by molar-refractivity contribution is 9.10. The van der Waals surface area contributed by atoms with Gasteiger partial charge < -0.3 is 10.1 Å². The molecule has 3 rings (SSSR count). The van der Waals surface area contributed by atoms with Gasteiger partial charge in [0, 0.05) is 10.0 Å². The van der Waals surface area contributed by atoms with Gasteiger partial charge in [-0.25, -0.2) is 0 Å². The molecular weight excluding hydrogens is 358 g/mol. The molecule has 0 aliphatic heterocycles.